The van der Waals surface area contributed by atoms with Crippen LogP contribution in [0.25, 0.3) is 0 Å². The van der Waals surface area contributed by atoms with E-state index in [-0.39, 0.29) is 24.8 Å². The van der Waals surface area contributed by atoms with Gasteiger partial charge in [0.15, 0.2) is 0 Å². The summed E-state index contributed by atoms with van der Waals surface area (Å²) in [5.41, 5.74) is 0. The molecule has 0 radical (unpaired) electrons. The normalized spacial score (nSPS) is 32.8. The van der Waals surface area contributed by atoms with Crippen LogP contribution in [0.15, 0.2) is 0 Å². The van der Waals surface area contributed by atoms with Crippen LogP contribution < -0.4 is 0 Å². The van der Waals surface area contributed by atoms with Crippen LogP contribution in [0.5, 0.6) is 0 Å². The van der Waals surface area contributed by atoms with Gasteiger partial charge in [0.2, 0.25) is 0 Å². The molecule has 2 aliphatic rings. The molecule has 98 valence electrons. The smallest absolute Gasteiger partial charge is 0.298 e. The van der Waals surface area contributed by atoms with E-state index in [1.54, 1.807) is 4.90 Å². The topological polar surface area (TPSA) is 20.3 Å². The highest BCUT2D eigenvalue weighted by atomic mass is 19.4. The summed E-state index contributed by atoms with van der Waals surface area (Å²) in [4.78, 5) is 13.5. The Morgan fingerprint density at radius 1 is 1.12 bits per heavy atom. The largest absolute Gasteiger partial charge is 0.393 e. The maximum absolute atomic E-state index is 12.7. The second-order valence-electron chi connectivity index (χ2n) is 5.10. The number of nitrogens with zero attached hydrogens (tertiary/aromatic N) is 1. The second kappa shape index (κ2) is 4.96. The van der Waals surface area contributed by atoms with Gasteiger partial charge in [-0.25, -0.2) is 0 Å². The van der Waals surface area contributed by atoms with Crippen LogP contribution in [0, 0.1) is 5.92 Å². The summed E-state index contributed by atoms with van der Waals surface area (Å²) in [5, 5.41) is 0. The van der Waals surface area contributed by atoms with E-state index in [9.17, 15) is 18.0 Å². The van der Waals surface area contributed by atoms with Gasteiger partial charge in [0.25, 0.3) is 0 Å². The molecule has 1 heterocycles. The van der Waals surface area contributed by atoms with E-state index in [0.717, 1.165) is 19.3 Å². The highest BCUT2D eigenvalue weighted by Crippen LogP contribution is 2.34. The van der Waals surface area contributed by atoms with Crippen LogP contribution in [0.3, 0.4) is 0 Å². The van der Waals surface area contributed by atoms with Crippen molar-refractivity contribution >= 4 is 5.78 Å². The number of hydrogen-bond acceptors (Lipinski definition) is 2. The Kier molecular flexibility index (Phi) is 3.76. The van der Waals surface area contributed by atoms with Crippen molar-refractivity contribution in [3.05, 3.63) is 0 Å². The van der Waals surface area contributed by atoms with Crippen molar-refractivity contribution in [3.63, 3.8) is 0 Å². The standard InChI is InChI=1S/C12H18F3NO/c13-12(14,15)9-4-3-7-16(8-9)10-5-1-2-6-11(10)17/h9-10H,1-8H2. The number of carbonyl (C=O) groups is 1. The van der Waals surface area contributed by atoms with Gasteiger partial charge < -0.3 is 0 Å². The second-order valence-corrected chi connectivity index (χ2v) is 5.10. The van der Waals surface area contributed by atoms with Crippen molar-refractivity contribution < 1.29 is 18.0 Å². The number of halogens is 3. The maximum Gasteiger partial charge on any atom is 0.393 e. The van der Waals surface area contributed by atoms with Crippen molar-refractivity contribution in [2.45, 2.75) is 50.7 Å². The van der Waals surface area contributed by atoms with Crippen LogP contribution in [0.2, 0.25) is 0 Å². The van der Waals surface area contributed by atoms with Crippen molar-refractivity contribution in [1.82, 2.24) is 4.90 Å². The number of rotatable bonds is 1. The lowest BCUT2D eigenvalue weighted by atomic mass is 9.89. The monoisotopic (exact) mass is 249 g/mol. The summed E-state index contributed by atoms with van der Waals surface area (Å²) in [7, 11) is 0. The van der Waals surface area contributed by atoms with Gasteiger partial charge in [-0.2, -0.15) is 13.2 Å². The summed E-state index contributed by atoms with van der Waals surface area (Å²) in [5.74, 6) is -1.11. The van der Waals surface area contributed by atoms with Gasteiger partial charge in [0.05, 0.1) is 12.0 Å². The first-order chi connectivity index (χ1) is 7.98. The third-order valence-corrected chi connectivity index (χ3v) is 3.88. The Hall–Kier alpha value is -0.580. The fourth-order valence-corrected chi connectivity index (χ4v) is 2.91. The maximum atomic E-state index is 12.7. The molecular formula is C12H18F3NO. The molecule has 0 aromatic carbocycles. The zero-order chi connectivity index (χ0) is 12.5. The molecule has 1 aliphatic heterocycles. The molecule has 1 saturated carbocycles. The third-order valence-electron chi connectivity index (χ3n) is 3.88. The summed E-state index contributed by atoms with van der Waals surface area (Å²) in [6, 6.07) is -0.242. The highest BCUT2D eigenvalue weighted by molar-refractivity contribution is 5.84. The number of carbonyl (C=O) groups excluding carboxylic acids is 1. The SMILES string of the molecule is O=C1CCCCC1N1CCCC(C(F)(F)F)C1. The van der Waals surface area contributed by atoms with Crippen LogP contribution in [-0.4, -0.2) is 36.0 Å². The van der Waals surface area contributed by atoms with Crippen LogP contribution in [0.1, 0.15) is 38.5 Å². The Balaban J connectivity index is 1.99. The fourth-order valence-electron chi connectivity index (χ4n) is 2.91. The number of alkyl halides is 3. The summed E-state index contributed by atoms with van der Waals surface area (Å²) >= 11 is 0. The first-order valence-corrected chi connectivity index (χ1v) is 6.32. The van der Waals surface area contributed by atoms with E-state index in [1.165, 1.54) is 0 Å². The predicted molar refractivity (Wildman–Crippen MR) is 57.6 cm³/mol. The van der Waals surface area contributed by atoms with Crippen LogP contribution in [-0.2, 0) is 4.79 Å². The Morgan fingerprint density at radius 2 is 1.88 bits per heavy atom. The summed E-state index contributed by atoms with van der Waals surface area (Å²) < 4.78 is 38.0. The molecule has 2 fully saturated rings. The van der Waals surface area contributed by atoms with E-state index in [4.69, 9.17) is 0 Å². The average molecular weight is 249 g/mol. The molecular weight excluding hydrogens is 231 g/mol. The number of ketones is 1. The van der Waals surface area contributed by atoms with E-state index in [2.05, 4.69) is 0 Å². The predicted octanol–water partition coefficient (Wildman–Crippen LogP) is 2.77. The van der Waals surface area contributed by atoms with E-state index < -0.39 is 12.1 Å². The Bertz CT molecular complexity index is 290. The third kappa shape index (κ3) is 3.00. The molecule has 2 unspecified atom stereocenters. The lowest BCUT2D eigenvalue weighted by Crippen LogP contribution is -2.50. The zero-order valence-corrected chi connectivity index (χ0v) is 9.80. The molecule has 1 saturated heterocycles. The first-order valence-electron chi connectivity index (χ1n) is 6.32. The van der Waals surface area contributed by atoms with Crippen molar-refractivity contribution in [1.29, 1.82) is 0 Å². The van der Waals surface area contributed by atoms with E-state index in [1.807, 2.05) is 0 Å². The van der Waals surface area contributed by atoms with Crippen molar-refractivity contribution in [3.8, 4) is 0 Å². The fraction of sp³-hybridized carbons (Fsp3) is 0.917. The summed E-state index contributed by atoms with van der Waals surface area (Å²) in [6.45, 7) is 0.656. The molecule has 2 atom stereocenters. The molecule has 0 N–H and O–H groups in total. The quantitative estimate of drug-likeness (QED) is 0.712. The molecule has 1 aliphatic carbocycles. The van der Waals surface area contributed by atoms with Gasteiger partial charge in [-0.05, 0) is 32.2 Å². The number of likely N-dealkylation sites (tertiary alicyclic amines) is 1. The lowest BCUT2D eigenvalue weighted by molar-refractivity contribution is -0.189. The van der Waals surface area contributed by atoms with E-state index in [0.29, 0.717) is 19.4 Å². The van der Waals surface area contributed by atoms with Gasteiger partial charge in [-0.1, -0.05) is 6.42 Å². The Morgan fingerprint density at radius 3 is 2.53 bits per heavy atom. The number of Topliss-reactive ketones (excluding diaryl/α,β-unsaturated/α-hetero) is 1. The van der Waals surface area contributed by atoms with Crippen molar-refractivity contribution in [2.75, 3.05) is 13.1 Å². The van der Waals surface area contributed by atoms with Crippen LogP contribution in [0.4, 0.5) is 13.2 Å². The van der Waals surface area contributed by atoms with Gasteiger partial charge >= 0.3 is 6.18 Å². The lowest BCUT2D eigenvalue weighted by Gasteiger charge is -2.39. The molecule has 5 heteroatoms. The average Bonchev–Trinajstić information content (AvgIpc) is 2.29. The molecule has 2 rings (SSSR count). The minimum atomic E-state index is -4.11. The minimum absolute atomic E-state index is 0.0138. The molecule has 2 nitrogen and oxygen atoms in total. The molecule has 17 heavy (non-hydrogen) atoms. The first kappa shape index (κ1) is 12.9. The molecule has 0 bridgehead atoms. The van der Waals surface area contributed by atoms with Crippen molar-refractivity contribution in [2.24, 2.45) is 5.92 Å². The zero-order valence-electron chi connectivity index (χ0n) is 9.80. The van der Waals surface area contributed by atoms with E-state index >= 15 is 0 Å². The van der Waals surface area contributed by atoms with Gasteiger partial charge in [0.1, 0.15) is 5.78 Å². The number of hydrogen-bond donors (Lipinski definition) is 0. The molecule has 0 aromatic rings. The number of piperidine rings is 1. The Labute approximate surface area is 99.2 Å². The van der Waals surface area contributed by atoms with Crippen LogP contribution >= 0.6 is 0 Å². The van der Waals surface area contributed by atoms with Gasteiger partial charge in [0, 0.05) is 13.0 Å². The van der Waals surface area contributed by atoms with Gasteiger partial charge in [-0.15, -0.1) is 0 Å². The van der Waals surface area contributed by atoms with Gasteiger partial charge in [-0.3, -0.25) is 9.69 Å². The molecule has 0 amide bonds. The minimum Gasteiger partial charge on any atom is -0.298 e. The summed E-state index contributed by atoms with van der Waals surface area (Å²) in [6.07, 6.45) is -0.220. The molecule has 0 aromatic heterocycles. The molecule has 0 spiro atoms. The highest BCUT2D eigenvalue weighted by Gasteiger charge is 2.43.